The van der Waals surface area contributed by atoms with E-state index in [4.69, 9.17) is 4.52 Å². The molecule has 0 spiro atoms. The summed E-state index contributed by atoms with van der Waals surface area (Å²) in [6.07, 6.45) is 2.54. The van der Waals surface area contributed by atoms with E-state index >= 15 is 0 Å². The van der Waals surface area contributed by atoms with Crippen LogP contribution in [0.15, 0.2) is 39.8 Å². The SMILES string of the molecule is O=C(NC(c1ccccn1)C1CC(O)C1)c1cc(=O)[nH]o1. The standard InChI is InChI=1S/C14H15N3O4/c18-9-5-8(6-9)13(10-3-1-2-4-15-10)16-14(20)11-7-12(19)17-21-11/h1-4,7-9,13,18H,5-6H2,(H,16,20)(H,17,19). The fourth-order valence-corrected chi connectivity index (χ4v) is 2.50. The van der Waals surface area contributed by atoms with Gasteiger partial charge in [0.1, 0.15) is 0 Å². The second-order valence-electron chi connectivity index (χ2n) is 5.17. The number of pyridine rings is 1. The Hall–Kier alpha value is -2.41. The molecule has 3 rings (SSSR count). The number of aliphatic hydroxyl groups excluding tert-OH is 1. The average molecular weight is 289 g/mol. The van der Waals surface area contributed by atoms with Gasteiger partial charge in [-0.15, -0.1) is 0 Å². The van der Waals surface area contributed by atoms with Crippen LogP contribution in [0.1, 0.15) is 35.1 Å². The number of nitrogens with zero attached hydrogens (tertiary/aromatic N) is 1. The van der Waals surface area contributed by atoms with E-state index in [0.717, 1.165) is 11.8 Å². The Morgan fingerprint density at radius 2 is 2.29 bits per heavy atom. The molecule has 0 aromatic carbocycles. The van der Waals surface area contributed by atoms with Gasteiger partial charge in [0.25, 0.3) is 11.5 Å². The number of rotatable bonds is 4. The molecule has 2 aromatic heterocycles. The van der Waals surface area contributed by atoms with E-state index in [1.54, 1.807) is 12.3 Å². The highest BCUT2D eigenvalue weighted by Gasteiger charge is 2.36. The summed E-state index contributed by atoms with van der Waals surface area (Å²) in [5, 5.41) is 14.4. The van der Waals surface area contributed by atoms with Crippen LogP contribution in [0.2, 0.25) is 0 Å². The van der Waals surface area contributed by atoms with Crippen LogP contribution in [-0.2, 0) is 0 Å². The van der Waals surface area contributed by atoms with Gasteiger partial charge in [-0.3, -0.25) is 14.6 Å². The Morgan fingerprint density at radius 1 is 1.48 bits per heavy atom. The molecule has 1 amide bonds. The van der Waals surface area contributed by atoms with E-state index in [0.29, 0.717) is 12.8 Å². The molecule has 0 bridgehead atoms. The van der Waals surface area contributed by atoms with E-state index in [2.05, 4.69) is 15.5 Å². The predicted octanol–water partition coefficient (Wildman–Crippen LogP) is 0.605. The molecule has 2 aromatic rings. The van der Waals surface area contributed by atoms with E-state index < -0.39 is 11.5 Å². The van der Waals surface area contributed by atoms with Gasteiger partial charge in [0.15, 0.2) is 0 Å². The summed E-state index contributed by atoms with van der Waals surface area (Å²) in [6.45, 7) is 0. The second kappa shape index (κ2) is 5.53. The third-order valence-electron chi connectivity index (χ3n) is 3.66. The number of carbonyl (C=O) groups is 1. The van der Waals surface area contributed by atoms with E-state index in [1.165, 1.54) is 0 Å². The van der Waals surface area contributed by atoms with Crippen LogP contribution in [0.5, 0.6) is 0 Å². The number of carbonyl (C=O) groups excluding carboxylic acids is 1. The molecule has 1 fully saturated rings. The van der Waals surface area contributed by atoms with Gasteiger partial charge in [0.05, 0.1) is 23.9 Å². The van der Waals surface area contributed by atoms with E-state index in [9.17, 15) is 14.7 Å². The lowest BCUT2D eigenvalue weighted by molar-refractivity contribution is 0.0224. The average Bonchev–Trinajstić information content (AvgIpc) is 2.89. The fraction of sp³-hybridized carbons (Fsp3) is 0.357. The predicted molar refractivity (Wildman–Crippen MR) is 72.5 cm³/mol. The molecule has 3 N–H and O–H groups in total. The quantitative estimate of drug-likeness (QED) is 0.764. The van der Waals surface area contributed by atoms with Crippen LogP contribution in [-0.4, -0.2) is 27.3 Å². The first kappa shape index (κ1) is 13.6. The molecule has 1 unspecified atom stereocenters. The second-order valence-corrected chi connectivity index (χ2v) is 5.17. The molecule has 7 heteroatoms. The van der Waals surface area contributed by atoms with Crippen LogP contribution in [0, 0.1) is 5.92 Å². The summed E-state index contributed by atoms with van der Waals surface area (Å²) in [4.78, 5) is 27.4. The molecule has 110 valence electrons. The first-order valence-electron chi connectivity index (χ1n) is 6.72. The number of hydrogen-bond acceptors (Lipinski definition) is 5. The number of aromatic nitrogens is 2. The summed E-state index contributed by atoms with van der Waals surface area (Å²) < 4.78 is 4.80. The highest BCUT2D eigenvalue weighted by Crippen LogP contribution is 2.37. The van der Waals surface area contributed by atoms with E-state index in [1.807, 2.05) is 12.1 Å². The van der Waals surface area contributed by atoms with Gasteiger partial charge < -0.3 is 14.9 Å². The molecule has 2 heterocycles. The maximum absolute atomic E-state index is 12.1. The molecule has 1 aliphatic carbocycles. The van der Waals surface area contributed by atoms with Crippen LogP contribution >= 0.6 is 0 Å². The Balaban J connectivity index is 1.79. The van der Waals surface area contributed by atoms with Crippen molar-refractivity contribution in [2.45, 2.75) is 25.0 Å². The van der Waals surface area contributed by atoms with Gasteiger partial charge in [0.2, 0.25) is 5.76 Å². The minimum atomic E-state index is -0.481. The molecular weight excluding hydrogens is 274 g/mol. The van der Waals surface area contributed by atoms with Crippen molar-refractivity contribution in [3.63, 3.8) is 0 Å². The number of H-pyrrole nitrogens is 1. The minimum Gasteiger partial charge on any atom is -0.393 e. The summed E-state index contributed by atoms with van der Waals surface area (Å²) in [7, 11) is 0. The molecular formula is C14H15N3O4. The monoisotopic (exact) mass is 289 g/mol. The Kier molecular flexibility index (Phi) is 3.57. The van der Waals surface area contributed by atoms with Crippen molar-refractivity contribution in [1.82, 2.24) is 15.5 Å². The van der Waals surface area contributed by atoms with Gasteiger partial charge in [-0.25, -0.2) is 0 Å². The van der Waals surface area contributed by atoms with Gasteiger partial charge in [-0.05, 0) is 30.9 Å². The molecule has 1 atom stereocenters. The first-order chi connectivity index (χ1) is 10.1. The number of hydrogen-bond donors (Lipinski definition) is 3. The van der Waals surface area contributed by atoms with Crippen molar-refractivity contribution in [2.75, 3.05) is 0 Å². The first-order valence-corrected chi connectivity index (χ1v) is 6.72. The zero-order chi connectivity index (χ0) is 14.8. The van der Waals surface area contributed by atoms with Crippen molar-refractivity contribution in [3.8, 4) is 0 Å². The van der Waals surface area contributed by atoms with Crippen molar-refractivity contribution in [2.24, 2.45) is 5.92 Å². The van der Waals surface area contributed by atoms with Crippen molar-refractivity contribution >= 4 is 5.91 Å². The number of nitrogens with one attached hydrogen (secondary N) is 2. The van der Waals surface area contributed by atoms with Crippen molar-refractivity contribution in [1.29, 1.82) is 0 Å². The Labute approximate surface area is 120 Å². The zero-order valence-corrected chi connectivity index (χ0v) is 11.2. The normalized spacial score (nSPS) is 22.3. The lowest BCUT2D eigenvalue weighted by atomic mass is 9.76. The molecule has 1 aliphatic rings. The number of aromatic amines is 1. The lowest BCUT2D eigenvalue weighted by Gasteiger charge is -2.37. The van der Waals surface area contributed by atoms with Gasteiger partial charge >= 0.3 is 0 Å². The number of aliphatic hydroxyl groups is 1. The van der Waals surface area contributed by atoms with Gasteiger partial charge in [-0.1, -0.05) is 6.07 Å². The summed E-state index contributed by atoms with van der Waals surface area (Å²) in [5.74, 6) is -0.435. The highest BCUT2D eigenvalue weighted by molar-refractivity contribution is 5.91. The van der Waals surface area contributed by atoms with E-state index in [-0.39, 0.29) is 23.8 Å². The third kappa shape index (κ3) is 2.87. The van der Waals surface area contributed by atoms with Crippen LogP contribution in [0.4, 0.5) is 0 Å². The summed E-state index contributed by atoms with van der Waals surface area (Å²) in [6, 6.07) is 6.24. The van der Waals surface area contributed by atoms with Crippen LogP contribution < -0.4 is 10.9 Å². The Morgan fingerprint density at radius 3 is 2.86 bits per heavy atom. The van der Waals surface area contributed by atoms with Crippen LogP contribution in [0.3, 0.4) is 0 Å². The van der Waals surface area contributed by atoms with Crippen LogP contribution in [0.25, 0.3) is 0 Å². The molecule has 7 nitrogen and oxygen atoms in total. The minimum absolute atomic E-state index is 0.0687. The van der Waals surface area contributed by atoms with Crippen molar-refractivity contribution in [3.05, 3.63) is 52.3 Å². The fourth-order valence-electron chi connectivity index (χ4n) is 2.50. The smallest absolute Gasteiger partial charge is 0.290 e. The highest BCUT2D eigenvalue weighted by atomic mass is 16.5. The topological polar surface area (TPSA) is 108 Å². The summed E-state index contributed by atoms with van der Waals surface area (Å²) in [5.41, 5.74) is 0.259. The molecule has 1 saturated carbocycles. The maximum atomic E-state index is 12.1. The number of amides is 1. The summed E-state index contributed by atoms with van der Waals surface area (Å²) >= 11 is 0. The molecule has 21 heavy (non-hydrogen) atoms. The molecule has 0 radical (unpaired) electrons. The zero-order valence-electron chi connectivity index (χ0n) is 11.2. The van der Waals surface area contributed by atoms with Crippen molar-refractivity contribution < 1.29 is 14.4 Å². The van der Waals surface area contributed by atoms with Gasteiger partial charge in [-0.2, -0.15) is 5.16 Å². The largest absolute Gasteiger partial charge is 0.393 e. The molecule has 0 aliphatic heterocycles. The Bertz CT molecular complexity index is 673. The van der Waals surface area contributed by atoms with Gasteiger partial charge in [0, 0.05) is 6.20 Å². The lowest BCUT2D eigenvalue weighted by Crippen LogP contribution is -2.41. The third-order valence-corrected chi connectivity index (χ3v) is 3.66. The maximum Gasteiger partial charge on any atom is 0.290 e. The molecule has 0 saturated heterocycles.